The summed E-state index contributed by atoms with van der Waals surface area (Å²) < 4.78 is 0. The third kappa shape index (κ3) is 47.2. The minimum absolute atomic E-state index is 0. The molecule has 0 saturated heterocycles. The Hall–Kier alpha value is -0.0732. The van der Waals surface area contributed by atoms with Crippen LogP contribution < -0.4 is 0 Å². The number of allylic oxidation sites excluding steroid dienone is 2. The van der Waals surface area contributed by atoms with Crippen LogP contribution in [-0.2, 0) is 48.5 Å². The van der Waals surface area contributed by atoms with E-state index in [9.17, 15) is 9.59 Å². The van der Waals surface area contributed by atoms with Gasteiger partial charge in [-0.25, -0.2) is 0 Å². The van der Waals surface area contributed by atoms with Gasteiger partial charge in [0.15, 0.2) is 0 Å². The Labute approximate surface area is 249 Å². The second-order valence-corrected chi connectivity index (χ2v) is 9.70. The quantitative estimate of drug-likeness (QED) is 0.0611. The molecule has 0 saturated carbocycles. The Kier molecular flexibility index (Phi) is 47.1. The van der Waals surface area contributed by atoms with Crippen LogP contribution in [0.15, 0.2) is 12.2 Å². The molecule has 0 aromatic carbocycles. The summed E-state index contributed by atoms with van der Waals surface area (Å²) in [5.41, 5.74) is 0. The predicted molar refractivity (Wildman–Crippen MR) is 147 cm³/mol. The van der Waals surface area contributed by atoms with Gasteiger partial charge < -0.3 is 10.2 Å². The average molecular weight is 614 g/mol. The molecule has 0 unspecified atom stereocenters. The van der Waals surface area contributed by atoms with E-state index in [0.29, 0.717) is 12.8 Å². The average Bonchev–Trinajstić information content (AvgIpc) is 2.80. The zero-order chi connectivity index (χ0) is 25.5. The number of carbonyl (C=O) groups is 2. The Morgan fingerprint density at radius 3 is 0.972 bits per heavy atom. The molecule has 4 nitrogen and oxygen atoms in total. The van der Waals surface area contributed by atoms with E-state index in [1.807, 2.05) is 0 Å². The molecule has 0 aliphatic carbocycles. The maximum atomic E-state index is 10.3. The summed E-state index contributed by atoms with van der Waals surface area (Å²) in [6.45, 7) is 4.49. The molecule has 0 radical (unpaired) electrons. The third-order valence-electron chi connectivity index (χ3n) is 6.15. The summed E-state index contributed by atoms with van der Waals surface area (Å²) in [4.78, 5) is 20.5. The predicted octanol–water partition coefficient (Wildman–Crippen LogP) is 10.1. The zero-order valence-corrected chi connectivity index (χ0v) is 30.2. The molecule has 206 valence electrons. The van der Waals surface area contributed by atoms with Gasteiger partial charge in [-0.2, -0.15) is 0 Å². The zero-order valence-electron chi connectivity index (χ0n) is 24.3. The van der Waals surface area contributed by atoms with Crippen molar-refractivity contribution in [1.82, 2.24) is 0 Å². The molecule has 0 aliphatic rings. The number of unbranched alkanes of at least 4 members (excludes halogenated alkanes) is 19. The van der Waals surface area contributed by atoms with Gasteiger partial charge in [-0.05, 0) is 38.5 Å². The molecular formula is C30H58O4Zn2. The van der Waals surface area contributed by atoms with Crippen LogP contribution in [0.2, 0.25) is 0 Å². The first-order valence-corrected chi connectivity index (χ1v) is 14.6. The summed E-state index contributed by atoms with van der Waals surface area (Å²) in [5.74, 6) is -1.32. The summed E-state index contributed by atoms with van der Waals surface area (Å²) >= 11 is 0. The number of hydrogen-bond acceptors (Lipinski definition) is 2. The van der Waals surface area contributed by atoms with E-state index >= 15 is 0 Å². The van der Waals surface area contributed by atoms with Gasteiger partial charge in [0.2, 0.25) is 0 Å². The van der Waals surface area contributed by atoms with E-state index in [2.05, 4.69) is 26.0 Å². The Morgan fingerprint density at radius 2 is 0.694 bits per heavy atom. The fourth-order valence-electron chi connectivity index (χ4n) is 3.93. The van der Waals surface area contributed by atoms with Gasteiger partial charge in [-0.15, -0.1) is 0 Å². The topological polar surface area (TPSA) is 74.6 Å². The summed E-state index contributed by atoms with van der Waals surface area (Å²) in [5, 5.41) is 16.9. The van der Waals surface area contributed by atoms with Crippen LogP contribution in [0.1, 0.15) is 168 Å². The van der Waals surface area contributed by atoms with Crippen molar-refractivity contribution >= 4 is 11.9 Å². The minimum atomic E-state index is -0.664. The van der Waals surface area contributed by atoms with E-state index in [1.54, 1.807) is 0 Å². The van der Waals surface area contributed by atoms with E-state index in [-0.39, 0.29) is 39.0 Å². The van der Waals surface area contributed by atoms with Crippen LogP contribution in [0.5, 0.6) is 0 Å². The number of aliphatic carboxylic acids is 2. The fourth-order valence-corrected chi connectivity index (χ4v) is 3.93. The van der Waals surface area contributed by atoms with Gasteiger partial charge in [0.1, 0.15) is 0 Å². The number of hydrogen-bond donors (Lipinski definition) is 2. The largest absolute Gasteiger partial charge is 0.481 e. The molecule has 0 aliphatic heterocycles. The van der Waals surface area contributed by atoms with Crippen molar-refractivity contribution in [3.05, 3.63) is 12.2 Å². The molecule has 0 heterocycles. The molecule has 2 N–H and O–H groups in total. The maximum absolute atomic E-state index is 10.3. The van der Waals surface area contributed by atoms with Gasteiger partial charge in [-0.1, -0.05) is 129 Å². The van der Waals surface area contributed by atoms with Crippen molar-refractivity contribution in [2.45, 2.75) is 168 Å². The van der Waals surface area contributed by atoms with Gasteiger partial charge in [0, 0.05) is 51.8 Å². The first-order valence-electron chi connectivity index (χ1n) is 14.6. The normalized spacial score (nSPS) is 10.3. The van der Waals surface area contributed by atoms with Crippen molar-refractivity contribution in [3.8, 4) is 0 Å². The molecule has 0 fully saturated rings. The van der Waals surface area contributed by atoms with Crippen LogP contribution in [0.3, 0.4) is 0 Å². The Balaban J connectivity index is -0.000000285. The summed E-state index contributed by atoms with van der Waals surface area (Å²) in [7, 11) is 0. The van der Waals surface area contributed by atoms with Crippen molar-refractivity contribution in [3.63, 3.8) is 0 Å². The molecular weight excluding hydrogens is 555 g/mol. The van der Waals surface area contributed by atoms with Gasteiger partial charge >= 0.3 is 11.9 Å². The molecule has 0 aromatic rings. The van der Waals surface area contributed by atoms with Crippen molar-refractivity contribution in [1.29, 1.82) is 0 Å². The van der Waals surface area contributed by atoms with E-state index < -0.39 is 11.9 Å². The van der Waals surface area contributed by atoms with Crippen LogP contribution in [0, 0.1) is 0 Å². The molecule has 0 spiro atoms. The van der Waals surface area contributed by atoms with E-state index in [4.69, 9.17) is 10.2 Å². The van der Waals surface area contributed by atoms with Crippen LogP contribution in [-0.4, -0.2) is 22.2 Å². The second kappa shape index (κ2) is 39.4. The molecule has 36 heavy (non-hydrogen) atoms. The third-order valence-corrected chi connectivity index (χ3v) is 6.15. The first-order chi connectivity index (χ1) is 16.5. The number of rotatable bonds is 25. The van der Waals surface area contributed by atoms with Crippen molar-refractivity contribution < 1.29 is 58.8 Å². The van der Waals surface area contributed by atoms with Gasteiger partial charge in [-0.3, -0.25) is 9.59 Å². The number of carboxylic acids is 2. The van der Waals surface area contributed by atoms with Crippen molar-refractivity contribution in [2.24, 2.45) is 0 Å². The molecule has 0 bridgehead atoms. The Morgan fingerprint density at radius 1 is 0.444 bits per heavy atom. The standard InChI is InChI=1S/C18H34O2.C12H24O2.2Zn/c1-2-3-4-5-6-7-8-9-10-11-12-13-14-15-16-17-18(19)20;1-2-3-4-5-6-7-8-9-10-11-12(13)14;;/h9-10H,2-8,11-17H2,1H3,(H,19,20);2-11H2,1H3,(H,13,14);;. The molecule has 6 heteroatoms. The molecule has 0 aromatic heterocycles. The fraction of sp³-hybridized carbons (Fsp3) is 0.867. The van der Waals surface area contributed by atoms with Crippen LogP contribution in [0.25, 0.3) is 0 Å². The first kappa shape index (κ1) is 43.0. The smallest absolute Gasteiger partial charge is 0.303 e. The molecule has 0 amide bonds. The van der Waals surface area contributed by atoms with Gasteiger partial charge in [0.25, 0.3) is 0 Å². The van der Waals surface area contributed by atoms with Crippen LogP contribution >= 0.6 is 0 Å². The summed E-state index contributed by atoms with van der Waals surface area (Å²) in [6.07, 6.45) is 32.7. The minimum Gasteiger partial charge on any atom is -0.481 e. The van der Waals surface area contributed by atoms with E-state index in [1.165, 1.54) is 116 Å². The summed E-state index contributed by atoms with van der Waals surface area (Å²) in [6, 6.07) is 0. The second-order valence-electron chi connectivity index (χ2n) is 9.70. The molecule has 0 atom stereocenters. The molecule has 0 rings (SSSR count). The van der Waals surface area contributed by atoms with E-state index in [0.717, 1.165) is 25.7 Å². The SMILES string of the molecule is CCCCCCCCC=CCCCCCCCC(=O)O.CCCCCCCCCCCC(=O)O.[Zn].[Zn]. The maximum Gasteiger partial charge on any atom is 0.303 e. The Bertz CT molecular complexity index is 456. The number of carboxylic acid groups (broad SMARTS) is 2. The van der Waals surface area contributed by atoms with Gasteiger partial charge in [0.05, 0.1) is 0 Å². The van der Waals surface area contributed by atoms with Crippen LogP contribution in [0.4, 0.5) is 0 Å². The van der Waals surface area contributed by atoms with Crippen molar-refractivity contribution in [2.75, 3.05) is 0 Å². The monoisotopic (exact) mass is 610 g/mol.